The third kappa shape index (κ3) is 3.34. The van der Waals surface area contributed by atoms with E-state index in [9.17, 15) is 4.79 Å². The van der Waals surface area contributed by atoms with Gasteiger partial charge in [0.05, 0.1) is 0 Å². The second-order valence-corrected chi connectivity index (χ2v) is 7.31. The highest BCUT2D eigenvalue weighted by atomic mass is 16.2. The smallest absolute Gasteiger partial charge is 0.254 e. The molecule has 1 aliphatic rings. The zero-order valence-electron chi connectivity index (χ0n) is 16.0. The van der Waals surface area contributed by atoms with Gasteiger partial charge in [0.15, 0.2) is 0 Å². The summed E-state index contributed by atoms with van der Waals surface area (Å²) in [5.41, 5.74) is 5.99. The lowest BCUT2D eigenvalue weighted by Crippen LogP contribution is -2.36. The molecule has 1 aliphatic heterocycles. The van der Waals surface area contributed by atoms with Crippen molar-refractivity contribution >= 4 is 28.6 Å². The monoisotopic (exact) mass is 379 g/mol. The minimum Gasteiger partial charge on any atom is -0.346 e. The molecule has 0 fully saturated rings. The SMILES string of the molecule is O=C(/C(=C\c1c[nH]c2ncccc12)c1ccccc1)N1CCc2ccccc2C1. The lowest BCUT2D eigenvalue weighted by molar-refractivity contribution is -0.125. The van der Waals surface area contributed by atoms with Crippen LogP contribution in [0.15, 0.2) is 79.1 Å². The largest absolute Gasteiger partial charge is 0.346 e. The van der Waals surface area contributed by atoms with Crippen molar-refractivity contribution in [2.24, 2.45) is 0 Å². The molecule has 4 nitrogen and oxygen atoms in total. The summed E-state index contributed by atoms with van der Waals surface area (Å²) >= 11 is 0. The van der Waals surface area contributed by atoms with Gasteiger partial charge in [-0.3, -0.25) is 4.79 Å². The molecule has 1 N–H and O–H groups in total. The Hall–Kier alpha value is -3.66. The number of rotatable bonds is 3. The van der Waals surface area contributed by atoms with Crippen LogP contribution in [0.4, 0.5) is 0 Å². The Morgan fingerprint density at radius 3 is 2.62 bits per heavy atom. The van der Waals surface area contributed by atoms with Gasteiger partial charge in [-0.25, -0.2) is 4.98 Å². The van der Waals surface area contributed by atoms with Gasteiger partial charge < -0.3 is 9.88 Å². The number of pyridine rings is 1. The van der Waals surface area contributed by atoms with Gasteiger partial charge in [0.1, 0.15) is 5.65 Å². The summed E-state index contributed by atoms with van der Waals surface area (Å²) in [4.78, 5) is 23.1. The molecule has 2 aromatic heterocycles. The lowest BCUT2D eigenvalue weighted by atomic mass is 9.97. The van der Waals surface area contributed by atoms with Gasteiger partial charge in [-0.15, -0.1) is 0 Å². The number of aromatic nitrogens is 2. The van der Waals surface area contributed by atoms with E-state index in [1.165, 1.54) is 11.1 Å². The molecule has 5 rings (SSSR count). The maximum Gasteiger partial charge on any atom is 0.254 e. The van der Waals surface area contributed by atoms with Crippen molar-refractivity contribution in [3.8, 4) is 0 Å². The van der Waals surface area contributed by atoms with Crippen molar-refractivity contribution in [3.63, 3.8) is 0 Å². The molecule has 4 aromatic rings. The zero-order chi connectivity index (χ0) is 19.6. The van der Waals surface area contributed by atoms with E-state index < -0.39 is 0 Å². The van der Waals surface area contributed by atoms with Crippen LogP contribution in [0.1, 0.15) is 22.3 Å². The summed E-state index contributed by atoms with van der Waals surface area (Å²) in [5, 5.41) is 1.01. The van der Waals surface area contributed by atoms with Crippen molar-refractivity contribution < 1.29 is 4.79 Å². The minimum atomic E-state index is 0.0592. The van der Waals surface area contributed by atoms with Crippen molar-refractivity contribution in [1.82, 2.24) is 14.9 Å². The topological polar surface area (TPSA) is 49.0 Å². The summed E-state index contributed by atoms with van der Waals surface area (Å²) in [7, 11) is 0. The Balaban J connectivity index is 1.56. The van der Waals surface area contributed by atoms with E-state index in [4.69, 9.17) is 0 Å². The first-order valence-corrected chi connectivity index (χ1v) is 9.85. The van der Waals surface area contributed by atoms with E-state index >= 15 is 0 Å². The van der Waals surface area contributed by atoms with Crippen LogP contribution in [0.25, 0.3) is 22.7 Å². The van der Waals surface area contributed by atoms with Crippen LogP contribution in [0.3, 0.4) is 0 Å². The summed E-state index contributed by atoms with van der Waals surface area (Å²) in [5.74, 6) is 0.0592. The quantitative estimate of drug-likeness (QED) is 0.525. The Kier molecular flexibility index (Phi) is 4.45. The molecule has 0 unspecified atom stereocenters. The van der Waals surface area contributed by atoms with Gasteiger partial charge >= 0.3 is 0 Å². The Morgan fingerprint density at radius 2 is 1.76 bits per heavy atom. The Morgan fingerprint density at radius 1 is 0.966 bits per heavy atom. The fourth-order valence-corrected chi connectivity index (χ4v) is 3.98. The molecule has 0 spiro atoms. The number of hydrogen-bond acceptors (Lipinski definition) is 2. The predicted octanol–water partition coefficient (Wildman–Crippen LogP) is 4.69. The van der Waals surface area contributed by atoms with E-state index in [1.54, 1.807) is 6.20 Å². The highest BCUT2D eigenvalue weighted by molar-refractivity contribution is 6.24. The predicted molar refractivity (Wildman–Crippen MR) is 116 cm³/mol. The molecule has 0 radical (unpaired) electrons. The normalized spacial score (nSPS) is 14.1. The first kappa shape index (κ1) is 17.4. The number of amides is 1. The number of nitrogens with zero attached hydrogens (tertiary/aromatic N) is 2. The van der Waals surface area contributed by atoms with E-state index in [0.29, 0.717) is 12.1 Å². The number of fused-ring (bicyclic) bond motifs is 2. The van der Waals surface area contributed by atoms with Gasteiger partial charge in [-0.05, 0) is 41.3 Å². The van der Waals surface area contributed by atoms with Gasteiger partial charge in [0.25, 0.3) is 5.91 Å². The van der Waals surface area contributed by atoms with Crippen LogP contribution in [0.5, 0.6) is 0 Å². The van der Waals surface area contributed by atoms with E-state index in [1.807, 2.05) is 65.7 Å². The molecule has 29 heavy (non-hydrogen) atoms. The fraction of sp³-hybridized carbons (Fsp3) is 0.120. The van der Waals surface area contributed by atoms with Crippen LogP contribution in [-0.2, 0) is 17.8 Å². The number of aromatic amines is 1. The average molecular weight is 379 g/mol. The van der Waals surface area contributed by atoms with Crippen LogP contribution >= 0.6 is 0 Å². The van der Waals surface area contributed by atoms with Crippen molar-refractivity contribution in [2.75, 3.05) is 6.54 Å². The zero-order valence-corrected chi connectivity index (χ0v) is 16.0. The second kappa shape index (κ2) is 7.40. The van der Waals surface area contributed by atoms with Crippen LogP contribution in [0, 0.1) is 0 Å². The number of carbonyl (C=O) groups excluding carboxylic acids is 1. The van der Waals surface area contributed by atoms with Crippen molar-refractivity contribution in [3.05, 3.63) is 101 Å². The molecule has 142 valence electrons. The molecule has 0 saturated carbocycles. The van der Waals surface area contributed by atoms with E-state index in [-0.39, 0.29) is 5.91 Å². The van der Waals surface area contributed by atoms with Crippen molar-refractivity contribution in [2.45, 2.75) is 13.0 Å². The average Bonchev–Trinajstić information content (AvgIpc) is 3.20. The summed E-state index contributed by atoms with van der Waals surface area (Å²) < 4.78 is 0. The molecule has 0 aliphatic carbocycles. The molecular formula is C25H21N3O. The third-order valence-corrected chi connectivity index (χ3v) is 5.52. The molecule has 0 saturated heterocycles. The first-order chi connectivity index (χ1) is 14.3. The molecule has 0 atom stereocenters. The van der Waals surface area contributed by atoms with Gasteiger partial charge in [-0.2, -0.15) is 0 Å². The molecule has 0 bridgehead atoms. The Labute approximate surface area is 169 Å². The molecule has 3 heterocycles. The summed E-state index contributed by atoms with van der Waals surface area (Å²) in [6.45, 7) is 1.38. The summed E-state index contributed by atoms with van der Waals surface area (Å²) in [6, 6.07) is 22.2. The number of carbonyl (C=O) groups is 1. The van der Waals surface area contributed by atoms with Crippen LogP contribution < -0.4 is 0 Å². The third-order valence-electron chi connectivity index (χ3n) is 5.52. The van der Waals surface area contributed by atoms with Gasteiger partial charge in [0.2, 0.25) is 0 Å². The number of H-pyrrole nitrogens is 1. The second-order valence-electron chi connectivity index (χ2n) is 7.31. The van der Waals surface area contributed by atoms with E-state index in [2.05, 4.69) is 28.2 Å². The minimum absolute atomic E-state index is 0.0592. The standard InChI is InChI=1S/C25H21N3O/c29-25(28-14-12-18-7-4-5-10-20(18)17-28)23(19-8-2-1-3-9-19)15-21-16-27-24-22(21)11-6-13-26-24/h1-11,13,15-16H,12,14,17H2,(H,26,27)/b23-15-. The molecule has 1 amide bonds. The molecule has 2 aromatic carbocycles. The maximum absolute atomic E-state index is 13.6. The van der Waals surface area contributed by atoms with Crippen LogP contribution in [-0.4, -0.2) is 27.3 Å². The molecular weight excluding hydrogens is 358 g/mol. The summed E-state index contributed by atoms with van der Waals surface area (Å²) in [6.07, 6.45) is 6.56. The Bertz CT molecular complexity index is 1210. The lowest BCUT2D eigenvalue weighted by Gasteiger charge is -2.29. The van der Waals surface area contributed by atoms with E-state index in [0.717, 1.165) is 35.1 Å². The first-order valence-electron chi connectivity index (χ1n) is 9.85. The number of nitrogens with one attached hydrogen (secondary N) is 1. The van der Waals surface area contributed by atoms with Gasteiger partial charge in [0, 0.05) is 42.0 Å². The highest BCUT2D eigenvalue weighted by Crippen LogP contribution is 2.27. The maximum atomic E-state index is 13.6. The number of hydrogen-bond donors (Lipinski definition) is 1. The van der Waals surface area contributed by atoms with Crippen molar-refractivity contribution in [1.29, 1.82) is 0 Å². The molecule has 4 heteroatoms. The fourth-order valence-electron chi connectivity index (χ4n) is 3.98. The van der Waals surface area contributed by atoms with Gasteiger partial charge in [-0.1, -0.05) is 54.6 Å². The highest BCUT2D eigenvalue weighted by Gasteiger charge is 2.24. The number of benzene rings is 2. The van der Waals surface area contributed by atoms with Crippen LogP contribution in [0.2, 0.25) is 0 Å².